The summed E-state index contributed by atoms with van der Waals surface area (Å²) in [6.07, 6.45) is 1.90. The molecule has 2 aromatic carbocycles. The van der Waals surface area contributed by atoms with Crippen molar-refractivity contribution in [2.45, 2.75) is 33.2 Å². The molecule has 2 amide bonds. The highest BCUT2D eigenvalue weighted by atomic mass is 16.2. The van der Waals surface area contributed by atoms with E-state index >= 15 is 0 Å². The van der Waals surface area contributed by atoms with Gasteiger partial charge in [0.25, 0.3) is 0 Å². The van der Waals surface area contributed by atoms with Gasteiger partial charge in [-0.1, -0.05) is 61.0 Å². The van der Waals surface area contributed by atoms with Gasteiger partial charge in [0.2, 0.25) is 0 Å². The Morgan fingerprint density at radius 2 is 1.45 bits per heavy atom. The summed E-state index contributed by atoms with van der Waals surface area (Å²) in [7, 11) is 0. The lowest BCUT2D eigenvalue weighted by atomic mass is 10.1. The number of rotatable bonds is 6. The zero-order valence-electron chi connectivity index (χ0n) is 13.4. The molecule has 0 fully saturated rings. The number of benzene rings is 2. The summed E-state index contributed by atoms with van der Waals surface area (Å²) < 4.78 is 0. The van der Waals surface area contributed by atoms with Crippen LogP contribution in [-0.2, 0) is 19.4 Å². The molecule has 0 spiro atoms. The van der Waals surface area contributed by atoms with E-state index in [1.54, 1.807) is 0 Å². The van der Waals surface area contributed by atoms with Crippen LogP contribution in [0, 0.1) is 6.92 Å². The molecule has 0 aliphatic carbocycles. The van der Waals surface area contributed by atoms with Gasteiger partial charge in [-0.3, -0.25) is 0 Å². The molecule has 0 atom stereocenters. The van der Waals surface area contributed by atoms with Crippen molar-refractivity contribution in [3.8, 4) is 0 Å². The Morgan fingerprint density at radius 1 is 0.864 bits per heavy atom. The Morgan fingerprint density at radius 3 is 2.09 bits per heavy atom. The zero-order valence-corrected chi connectivity index (χ0v) is 13.4. The van der Waals surface area contributed by atoms with E-state index in [1.807, 2.05) is 12.1 Å². The first-order valence-corrected chi connectivity index (χ1v) is 7.82. The third-order valence-electron chi connectivity index (χ3n) is 3.70. The maximum absolute atomic E-state index is 11.8. The smallest absolute Gasteiger partial charge is 0.315 e. The molecule has 0 bridgehead atoms. The highest BCUT2D eigenvalue weighted by Gasteiger charge is 2.00. The average molecular weight is 296 g/mol. The normalized spacial score (nSPS) is 10.3. The number of hydrogen-bond donors (Lipinski definition) is 2. The number of urea groups is 1. The summed E-state index contributed by atoms with van der Waals surface area (Å²) in [6, 6.07) is 16.6. The topological polar surface area (TPSA) is 41.1 Å². The molecule has 2 rings (SSSR count). The lowest BCUT2D eigenvalue weighted by Crippen LogP contribution is -2.36. The Kier molecular flexibility index (Phi) is 6.01. The number of carbonyl (C=O) groups excluding carboxylic acids is 1. The monoisotopic (exact) mass is 296 g/mol. The van der Waals surface area contributed by atoms with Gasteiger partial charge in [-0.25, -0.2) is 4.79 Å². The lowest BCUT2D eigenvalue weighted by Gasteiger charge is -2.08. The van der Waals surface area contributed by atoms with Gasteiger partial charge in [0.15, 0.2) is 0 Å². The Balaban J connectivity index is 1.67. The van der Waals surface area contributed by atoms with Crippen LogP contribution in [-0.4, -0.2) is 12.6 Å². The Bertz CT molecular complexity index is 588. The maximum atomic E-state index is 11.8. The van der Waals surface area contributed by atoms with E-state index in [9.17, 15) is 4.79 Å². The predicted octanol–water partition coefficient (Wildman–Crippen LogP) is 3.60. The largest absolute Gasteiger partial charge is 0.338 e. The molecule has 0 heterocycles. The molecule has 3 heteroatoms. The molecule has 2 N–H and O–H groups in total. The van der Waals surface area contributed by atoms with E-state index in [1.165, 1.54) is 16.7 Å². The van der Waals surface area contributed by atoms with Crippen LogP contribution in [0.5, 0.6) is 0 Å². The minimum absolute atomic E-state index is 0.120. The summed E-state index contributed by atoms with van der Waals surface area (Å²) in [5, 5.41) is 5.76. The second-order valence-electron chi connectivity index (χ2n) is 5.52. The van der Waals surface area contributed by atoms with Gasteiger partial charge >= 0.3 is 6.03 Å². The van der Waals surface area contributed by atoms with Gasteiger partial charge in [0, 0.05) is 13.1 Å². The van der Waals surface area contributed by atoms with Crippen LogP contribution < -0.4 is 10.6 Å². The molecular formula is C19H24N2O. The van der Waals surface area contributed by atoms with E-state index in [2.05, 4.69) is 60.9 Å². The Labute approximate surface area is 132 Å². The van der Waals surface area contributed by atoms with E-state index in [0.29, 0.717) is 13.1 Å². The van der Waals surface area contributed by atoms with Crippen LogP contribution in [0.3, 0.4) is 0 Å². The SMILES string of the molecule is CCc1ccc(CCNC(=O)NCc2ccc(C)cc2)cc1. The van der Waals surface area contributed by atoms with Gasteiger partial charge in [0.1, 0.15) is 0 Å². The van der Waals surface area contributed by atoms with Crippen molar-refractivity contribution in [1.82, 2.24) is 10.6 Å². The average Bonchev–Trinajstić information content (AvgIpc) is 2.55. The Hall–Kier alpha value is -2.29. The first-order valence-electron chi connectivity index (χ1n) is 7.82. The molecule has 2 aromatic rings. The summed E-state index contributed by atoms with van der Waals surface area (Å²) in [5.41, 5.74) is 4.92. The highest BCUT2D eigenvalue weighted by Crippen LogP contribution is 2.05. The summed E-state index contributed by atoms with van der Waals surface area (Å²) in [4.78, 5) is 11.8. The molecule has 22 heavy (non-hydrogen) atoms. The molecule has 3 nitrogen and oxygen atoms in total. The standard InChI is InChI=1S/C19H24N2O/c1-3-16-8-10-17(11-9-16)12-13-20-19(22)21-14-18-6-4-15(2)5-7-18/h4-11H,3,12-14H2,1-2H3,(H2,20,21,22). The van der Waals surface area contributed by atoms with Crippen LogP contribution in [0.25, 0.3) is 0 Å². The number of nitrogens with one attached hydrogen (secondary N) is 2. The molecule has 0 saturated heterocycles. The van der Waals surface area contributed by atoms with Crippen LogP contribution in [0.1, 0.15) is 29.2 Å². The number of hydrogen-bond acceptors (Lipinski definition) is 1. The van der Waals surface area contributed by atoms with E-state index in [-0.39, 0.29) is 6.03 Å². The van der Waals surface area contributed by atoms with Crippen molar-refractivity contribution in [2.24, 2.45) is 0 Å². The molecule has 116 valence electrons. The zero-order chi connectivity index (χ0) is 15.8. The molecule has 0 aromatic heterocycles. The molecule has 0 radical (unpaired) electrons. The summed E-state index contributed by atoms with van der Waals surface area (Å²) >= 11 is 0. The van der Waals surface area contributed by atoms with Crippen molar-refractivity contribution >= 4 is 6.03 Å². The summed E-state index contributed by atoms with van der Waals surface area (Å²) in [6.45, 7) is 5.40. The molecule has 0 aliphatic rings. The van der Waals surface area contributed by atoms with E-state index in [0.717, 1.165) is 18.4 Å². The van der Waals surface area contributed by atoms with Gasteiger partial charge in [0.05, 0.1) is 0 Å². The molecule has 0 aliphatic heterocycles. The van der Waals surface area contributed by atoms with Crippen LogP contribution in [0.2, 0.25) is 0 Å². The van der Waals surface area contributed by atoms with Crippen molar-refractivity contribution in [3.05, 3.63) is 70.8 Å². The maximum Gasteiger partial charge on any atom is 0.315 e. The van der Waals surface area contributed by atoms with Gasteiger partial charge < -0.3 is 10.6 Å². The van der Waals surface area contributed by atoms with Crippen LogP contribution in [0.4, 0.5) is 4.79 Å². The van der Waals surface area contributed by atoms with Crippen LogP contribution >= 0.6 is 0 Å². The van der Waals surface area contributed by atoms with E-state index < -0.39 is 0 Å². The van der Waals surface area contributed by atoms with Crippen molar-refractivity contribution in [1.29, 1.82) is 0 Å². The molecule has 0 unspecified atom stereocenters. The first-order chi connectivity index (χ1) is 10.7. The predicted molar refractivity (Wildman–Crippen MR) is 90.9 cm³/mol. The van der Waals surface area contributed by atoms with Crippen LogP contribution in [0.15, 0.2) is 48.5 Å². The number of amides is 2. The third kappa shape index (κ3) is 5.24. The van der Waals surface area contributed by atoms with Gasteiger partial charge in [-0.15, -0.1) is 0 Å². The fourth-order valence-corrected chi connectivity index (χ4v) is 2.21. The number of aryl methyl sites for hydroxylation is 2. The minimum Gasteiger partial charge on any atom is -0.338 e. The molecular weight excluding hydrogens is 272 g/mol. The second-order valence-corrected chi connectivity index (χ2v) is 5.52. The number of carbonyl (C=O) groups is 1. The van der Waals surface area contributed by atoms with Gasteiger partial charge in [-0.05, 0) is 36.5 Å². The van der Waals surface area contributed by atoms with Crippen molar-refractivity contribution in [3.63, 3.8) is 0 Å². The first kappa shape index (κ1) is 16.1. The molecule has 0 saturated carbocycles. The lowest BCUT2D eigenvalue weighted by molar-refractivity contribution is 0.240. The van der Waals surface area contributed by atoms with Crippen molar-refractivity contribution in [2.75, 3.05) is 6.54 Å². The third-order valence-corrected chi connectivity index (χ3v) is 3.70. The van der Waals surface area contributed by atoms with Gasteiger partial charge in [-0.2, -0.15) is 0 Å². The second kappa shape index (κ2) is 8.23. The fraction of sp³-hybridized carbons (Fsp3) is 0.316. The highest BCUT2D eigenvalue weighted by molar-refractivity contribution is 5.73. The van der Waals surface area contributed by atoms with E-state index in [4.69, 9.17) is 0 Å². The fourth-order valence-electron chi connectivity index (χ4n) is 2.21. The quantitative estimate of drug-likeness (QED) is 0.840. The minimum atomic E-state index is -0.120. The van der Waals surface area contributed by atoms with Crippen molar-refractivity contribution < 1.29 is 4.79 Å². The summed E-state index contributed by atoms with van der Waals surface area (Å²) in [5.74, 6) is 0.